The van der Waals surface area contributed by atoms with Crippen molar-refractivity contribution in [3.05, 3.63) is 36.2 Å². The summed E-state index contributed by atoms with van der Waals surface area (Å²) < 4.78 is 0. The van der Waals surface area contributed by atoms with Crippen LogP contribution in [-0.4, -0.2) is 15.7 Å². The van der Waals surface area contributed by atoms with Crippen LogP contribution in [0.15, 0.2) is 30.5 Å². The molecule has 2 aromatic rings. The van der Waals surface area contributed by atoms with Crippen molar-refractivity contribution in [3.63, 3.8) is 0 Å². The number of nitrogens with one attached hydrogen (secondary N) is 1. The molecular formula is C10H9N3. The lowest BCUT2D eigenvalue weighted by molar-refractivity contribution is 1.24. The van der Waals surface area contributed by atoms with E-state index in [9.17, 15) is 0 Å². The van der Waals surface area contributed by atoms with Gasteiger partial charge in [-0.05, 0) is 19.1 Å². The Bertz CT molecular complexity index is 462. The zero-order valence-electron chi connectivity index (χ0n) is 7.28. The Balaban J connectivity index is 2.69. The van der Waals surface area contributed by atoms with Gasteiger partial charge in [-0.25, -0.2) is 4.98 Å². The van der Waals surface area contributed by atoms with Gasteiger partial charge in [0.2, 0.25) is 0 Å². The molecule has 0 saturated heterocycles. The van der Waals surface area contributed by atoms with Crippen LogP contribution in [0, 0.1) is 5.41 Å². The van der Waals surface area contributed by atoms with Gasteiger partial charge in [0.25, 0.3) is 0 Å². The summed E-state index contributed by atoms with van der Waals surface area (Å²) in [6, 6.07) is 7.65. The van der Waals surface area contributed by atoms with Gasteiger partial charge in [-0.15, -0.1) is 0 Å². The maximum atomic E-state index is 7.41. The maximum Gasteiger partial charge on any atom is 0.102 e. The lowest BCUT2D eigenvalue weighted by Crippen LogP contribution is -1.97. The molecule has 0 aliphatic heterocycles. The number of nitrogens with zero attached hydrogens (tertiary/aromatic N) is 2. The van der Waals surface area contributed by atoms with Crippen molar-refractivity contribution in [2.75, 3.05) is 0 Å². The number of fused-ring (bicyclic) bond motifs is 1. The molecule has 0 bridgehead atoms. The second-order valence-electron chi connectivity index (χ2n) is 2.87. The molecule has 0 aliphatic carbocycles. The molecule has 3 nitrogen and oxygen atoms in total. The average Bonchev–Trinajstić information content (AvgIpc) is 2.17. The number of aromatic nitrogens is 2. The van der Waals surface area contributed by atoms with Crippen molar-refractivity contribution >= 4 is 16.7 Å². The van der Waals surface area contributed by atoms with Gasteiger partial charge >= 0.3 is 0 Å². The molecule has 13 heavy (non-hydrogen) atoms. The molecule has 0 fully saturated rings. The minimum absolute atomic E-state index is 0.443. The van der Waals surface area contributed by atoms with Gasteiger partial charge in [-0.3, -0.25) is 4.98 Å². The number of benzene rings is 1. The third-order valence-corrected chi connectivity index (χ3v) is 1.83. The van der Waals surface area contributed by atoms with E-state index in [0.29, 0.717) is 11.4 Å². The summed E-state index contributed by atoms with van der Waals surface area (Å²) in [7, 11) is 0. The topological polar surface area (TPSA) is 49.6 Å². The van der Waals surface area contributed by atoms with E-state index in [1.807, 2.05) is 24.3 Å². The highest BCUT2D eigenvalue weighted by atomic mass is 14.8. The largest absolute Gasteiger partial charge is 0.303 e. The van der Waals surface area contributed by atoms with E-state index in [1.165, 1.54) is 0 Å². The van der Waals surface area contributed by atoms with E-state index < -0.39 is 0 Å². The van der Waals surface area contributed by atoms with Crippen LogP contribution in [0.25, 0.3) is 11.0 Å². The molecule has 1 heterocycles. The predicted octanol–water partition coefficient (Wildman–Crippen LogP) is 2.02. The summed E-state index contributed by atoms with van der Waals surface area (Å²) in [5.74, 6) is 0. The summed E-state index contributed by atoms with van der Waals surface area (Å²) in [5, 5.41) is 7.41. The summed E-state index contributed by atoms with van der Waals surface area (Å²) >= 11 is 0. The predicted molar refractivity (Wildman–Crippen MR) is 52.0 cm³/mol. The van der Waals surface area contributed by atoms with Crippen molar-refractivity contribution in [2.24, 2.45) is 0 Å². The fourth-order valence-electron chi connectivity index (χ4n) is 1.14. The van der Waals surface area contributed by atoms with Crippen molar-refractivity contribution < 1.29 is 0 Å². The highest BCUT2D eigenvalue weighted by Gasteiger charge is 1.99. The van der Waals surface area contributed by atoms with Crippen LogP contribution in [0.4, 0.5) is 0 Å². The van der Waals surface area contributed by atoms with Crippen molar-refractivity contribution in [1.82, 2.24) is 9.97 Å². The first-order valence-corrected chi connectivity index (χ1v) is 4.05. The van der Waals surface area contributed by atoms with Crippen LogP contribution >= 0.6 is 0 Å². The second kappa shape index (κ2) is 2.94. The summed E-state index contributed by atoms with van der Waals surface area (Å²) in [4.78, 5) is 8.49. The van der Waals surface area contributed by atoms with Gasteiger partial charge in [0.05, 0.1) is 22.9 Å². The summed E-state index contributed by atoms with van der Waals surface area (Å²) in [6.45, 7) is 1.71. The monoisotopic (exact) mass is 171 g/mol. The number of rotatable bonds is 1. The van der Waals surface area contributed by atoms with E-state index >= 15 is 0 Å². The minimum Gasteiger partial charge on any atom is -0.303 e. The molecule has 64 valence electrons. The van der Waals surface area contributed by atoms with Crippen LogP contribution in [0.2, 0.25) is 0 Å². The Morgan fingerprint density at radius 1 is 1.23 bits per heavy atom. The van der Waals surface area contributed by atoms with Crippen LogP contribution in [0.1, 0.15) is 12.6 Å². The van der Waals surface area contributed by atoms with Gasteiger partial charge in [-0.1, -0.05) is 12.1 Å². The third-order valence-electron chi connectivity index (χ3n) is 1.83. The zero-order valence-corrected chi connectivity index (χ0v) is 7.28. The lowest BCUT2D eigenvalue weighted by atomic mass is 10.2. The molecule has 1 aromatic carbocycles. The lowest BCUT2D eigenvalue weighted by Gasteiger charge is -1.98. The maximum absolute atomic E-state index is 7.41. The smallest absolute Gasteiger partial charge is 0.102 e. The zero-order chi connectivity index (χ0) is 9.26. The Kier molecular flexibility index (Phi) is 1.77. The molecule has 0 radical (unpaired) electrons. The third kappa shape index (κ3) is 1.40. The molecule has 0 saturated carbocycles. The van der Waals surface area contributed by atoms with Crippen molar-refractivity contribution in [1.29, 1.82) is 5.41 Å². The second-order valence-corrected chi connectivity index (χ2v) is 2.87. The Hall–Kier alpha value is -1.77. The van der Waals surface area contributed by atoms with E-state index in [0.717, 1.165) is 11.0 Å². The molecule has 0 aliphatic rings. The standard InChI is InChI=1S/C10H9N3/c1-7(11)10-6-12-8-4-2-3-5-9(8)13-10/h2-6,11H,1H3. The quantitative estimate of drug-likeness (QED) is 0.667. The first-order valence-electron chi connectivity index (χ1n) is 4.05. The van der Waals surface area contributed by atoms with Gasteiger partial charge in [0.15, 0.2) is 0 Å². The molecule has 0 unspecified atom stereocenters. The first kappa shape index (κ1) is 7.86. The van der Waals surface area contributed by atoms with Crippen molar-refractivity contribution in [2.45, 2.75) is 6.92 Å². The van der Waals surface area contributed by atoms with E-state index in [2.05, 4.69) is 9.97 Å². The van der Waals surface area contributed by atoms with Gasteiger partial charge < -0.3 is 5.41 Å². The minimum atomic E-state index is 0.443. The van der Waals surface area contributed by atoms with Crippen LogP contribution in [0.3, 0.4) is 0 Å². The Morgan fingerprint density at radius 3 is 2.62 bits per heavy atom. The SMILES string of the molecule is CC(=N)c1cnc2ccccc2n1. The molecule has 2 rings (SSSR count). The van der Waals surface area contributed by atoms with Gasteiger partial charge in [-0.2, -0.15) is 0 Å². The van der Waals surface area contributed by atoms with Crippen molar-refractivity contribution in [3.8, 4) is 0 Å². The fourth-order valence-corrected chi connectivity index (χ4v) is 1.14. The van der Waals surface area contributed by atoms with E-state index in [-0.39, 0.29) is 0 Å². The van der Waals surface area contributed by atoms with E-state index in [4.69, 9.17) is 5.41 Å². The van der Waals surface area contributed by atoms with Gasteiger partial charge in [0, 0.05) is 0 Å². The molecule has 0 spiro atoms. The molecule has 1 aromatic heterocycles. The number of hydrogen-bond donors (Lipinski definition) is 1. The number of para-hydroxylation sites is 2. The summed E-state index contributed by atoms with van der Waals surface area (Å²) in [6.07, 6.45) is 1.63. The molecular weight excluding hydrogens is 162 g/mol. The first-order chi connectivity index (χ1) is 6.27. The van der Waals surface area contributed by atoms with E-state index in [1.54, 1.807) is 13.1 Å². The highest BCUT2D eigenvalue weighted by Crippen LogP contribution is 2.08. The summed E-state index contributed by atoms with van der Waals surface area (Å²) in [5.41, 5.74) is 2.79. The normalized spacial score (nSPS) is 10.2. The van der Waals surface area contributed by atoms with Gasteiger partial charge in [0.1, 0.15) is 5.69 Å². The molecule has 0 amide bonds. The Labute approximate surface area is 76.0 Å². The molecule has 3 heteroatoms. The Morgan fingerprint density at radius 2 is 1.92 bits per heavy atom. The van der Waals surface area contributed by atoms with Crippen LogP contribution in [-0.2, 0) is 0 Å². The van der Waals surface area contributed by atoms with Crippen LogP contribution in [0.5, 0.6) is 0 Å². The fraction of sp³-hybridized carbons (Fsp3) is 0.100. The molecule has 0 atom stereocenters. The van der Waals surface area contributed by atoms with Crippen LogP contribution < -0.4 is 0 Å². The highest BCUT2D eigenvalue weighted by molar-refractivity contribution is 5.95. The molecule has 1 N–H and O–H groups in total. The number of hydrogen-bond acceptors (Lipinski definition) is 3. The average molecular weight is 171 g/mol.